The van der Waals surface area contributed by atoms with E-state index < -0.39 is 0 Å². The van der Waals surface area contributed by atoms with Gasteiger partial charge in [-0.2, -0.15) is 5.26 Å². The Hall–Kier alpha value is -2.66. The number of nitrogens with zero attached hydrogens (tertiary/aromatic N) is 1. The molecule has 0 saturated heterocycles. The van der Waals surface area contributed by atoms with Gasteiger partial charge in [0.1, 0.15) is 0 Å². The second-order valence-electron chi connectivity index (χ2n) is 4.53. The van der Waals surface area contributed by atoms with E-state index in [0.29, 0.717) is 17.5 Å². The highest BCUT2D eigenvalue weighted by molar-refractivity contribution is 6.09. The Balaban J connectivity index is 2.33. The molecule has 2 aromatic carbocycles. The van der Waals surface area contributed by atoms with Crippen LogP contribution >= 0.6 is 0 Å². The first-order valence-electron chi connectivity index (χ1n) is 6.46. The fourth-order valence-electron chi connectivity index (χ4n) is 2.08. The number of carbonyl (C=O) groups excluding carboxylic acids is 1. The lowest BCUT2D eigenvalue weighted by Gasteiger charge is -2.08. The third-order valence-electron chi connectivity index (χ3n) is 3.15. The molecule has 0 aromatic heterocycles. The highest BCUT2D eigenvalue weighted by Crippen LogP contribution is 2.21. The van der Waals surface area contributed by atoms with Gasteiger partial charge in [0, 0.05) is 11.1 Å². The maximum Gasteiger partial charge on any atom is 0.193 e. The summed E-state index contributed by atoms with van der Waals surface area (Å²) in [4.78, 5) is 12.4. The second kappa shape index (κ2) is 6.49. The number of carbonyl (C=O) groups is 1. The SMILES string of the molecule is C=CCC(C#N)c1cccc(C(=O)c2ccccc2)c1. The van der Waals surface area contributed by atoms with Crippen molar-refractivity contribution in [1.29, 1.82) is 5.26 Å². The number of allylic oxidation sites excluding steroid dienone is 1. The molecule has 2 nitrogen and oxygen atoms in total. The molecule has 0 radical (unpaired) electrons. The number of benzene rings is 2. The molecule has 0 aliphatic rings. The van der Waals surface area contributed by atoms with Crippen LogP contribution in [0.25, 0.3) is 0 Å². The first kappa shape index (κ1) is 13.8. The van der Waals surface area contributed by atoms with Crippen molar-refractivity contribution in [3.8, 4) is 6.07 Å². The molecule has 98 valence electrons. The molecule has 0 amide bonds. The van der Waals surface area contributed by atoms with Gasteiger partial charge in [0.05, 0.1) is 12.0 Å². The summed E-state index contributed by atoms with van der Waals surface area (Å²) in [6.07, 6.45) is 2.30. The average molecular weight is 261 g/mol. The Morgan fingerprint density at radius 3 is 2.50 bits per heavy atom. The van der Waals surface area contributed by atoms with Gasteiger partial charge in [-0.1, -0.05) is 54.6 Å². The van der Waals surface area contributed by atoms with Gasteiger partial charge in [-0.25, -0.2) is 0 Å². The van der Waals surface area contributed by atoms with Crippen molar-refractivity contribution >= 4 is 5.78 Å². The number of rotatable bonds is 5. The summed E-state index contributed by atoms with van der Waals surface area (Å²) in [6, 6.07) is 18.7. The van der Waals surface area contributed by atoms with E-state index in [1.807, 2.05) is 30.3 Å². The smallest absolute Gasteiger partial charge is 0.193 e. The average Bonchev–Trinajstić information content (AvgIpc) is 2.53. The van der Waals surface area contributed by atoms with Crippen LogP contribution in [0.2, 0.25) is 0 Å². The second-order valence-corrected chi connectivity index (χ2v) is 4.53. The van der Waals surface area contributed by atoms with Crippen LogP contribution < -0.4 is 0 Å². The molecule has 2 aromatic rings. The fourth-order valence-corrected chi connectivity index (χ4v) is 2.08. The van der Waals surface area contributed by atoms with Gasteiger partial charge in [-0.15, -0.1) is 6.58 Å². The maximum atomic E-state index is 12.4. The first-order chi connectivity index (χ1) is 9.76. The molecule has 2 heteroatoms. The van der Waals surface area contributed by atoms with Crippen molar-refractivity contribution in [2.45, 2.75) is 12.3 Å². The third-order valence-corrected chi connectivity index (χ3v) is 3.15. The Morgan fingerprint density at radius 1 is 1.15 bits per heavy atom. The minimum Gasteiger partial charge on any atom is -0.289 e. The number of nitriles is 1. The number of hydrogen-bond donors (Lipinski definition) is 0. The van der Waals surface area contributed by atoms with Crippen LogP contribution in [-0.2, 0) is 0 Å². The molecule has 1 atom stereocenters. The maximum absolute atomic E-state index is 12.4. The summed E-state index contributed by atoms with van der Waals surface area (Å²) in [6.45, 7) is 3.66. The van der Waals surface area contributed by atoms with Crippen LogP contribution in [0.15, 0.2) is 67.3 Å². The van der Waals surface area contributed by atoms with Crippen molar-refractivity contribution in [2.24, 2.45) is 0 Å². The van der Waals surface area contributed by atoms with E-state index in [4.69, 9.17) is 0 Å². The van der Waals surface area contributed by atoms with Gasteiger partial charge in [-0.05, 0) is 18.1 Å². The normalized spacial score (nSPS) is 11.3. The Bertz CT molecular complexity index is 653. The Labute approximate surface area is 119 Å². The summed E-state index contributed by atoms with van der Waals surface area (Å²) in [5, 5.41) is 9.17. The summed E-state index contributed by atoms with van der Waals surface area (Å²) in [5.41, 5.74) is 2.12. The van der Waals surface area contributed by atoms with Crippen LogP contribution in [0.5, 0.6) is 0 Å². The van der Waals surface area contributed by atoms with E-state index >= 15 is 0 Å². The summed E-state index contributed by atoms with van der Waals surface area (Å²) >= 11 is 0. The largest absolute Gasteiger partial charge is 0.289 e. The van der Waals surface area contributed by atoms with Crippen LogP contribution in [0.1, 0.15) is 33.8 Å². The molecule has 20 heavy (non-hydrogen) atoms. The fraction of sp³-hybridized carbons (Fsp3) is 0.111. The predicted octanol–water partition coefficient (Wildman–Crippen LogP) is 4.10. The van der Waals surface area contributed by atoms with Crippen LogP contribution in [0.3, 0.4) is 0 Å². The van der Waals surface area contributed by atoms with Gasteiger partial charge in [0.15, 0.2) is 5.78 Å². The van der Waals surface area contributed by atoms with Gasteiger partial charge < -0.3 is 0 Å². The molecule has 0 fully saturated rings. The van der Waals surface area contributed by atoms with Gasteiger partial charge in [0.25, 0.3) is 0 Å². The molecular weight excluding hydrogens is 246 g/mol. The zero-order valence-electron chi connectivity index (χ0n) is 11.1. The van der Waals surface area contributed by atoms with E-state index in [1.165, 1.54) is 0 Å². The first-order valence-corrected chi connectivity index (χ1v) is 6.46. The van der Waals surface area contributed by atoms with E-state index in [-0.39, 0.29) is 11.7 Å². The summed E-state index contributed by atoms with van der Waals surface area (Å²) < 4.78 is 0. The van der Waals surface area contributed by atoms with Crippen molar-refractivity contribution in [3.05, 3.63) is 83.9 Å². The molecule has 0 heterocycles. The predicted molar refractivity (Wildman–Crippen MR) is 79.5 cm³/mol. The molecule has 1 unspecified atom stereocenters. The van der Waals surface area contributed by atoms with Crippen LogP contribution in [0.4, 0.5) is 0 Å². The minimum atomic E-state index is -0.254. The third kappa shape index (κ3) is 3.02. The topological polar surface area (TPSA) is 40.9 Å². The van der Waals surface area contributed by atoms with E-state index in [2.05, 4.69) is 12.6 Å². The number of hydrogen-bond acceptors (Lipinski definition) is 2. The van der Waals surface area contributed by atoms with Crippen molar-refractivity contribution in [2.75, 3.05) is 0 Å². The highest BCUT2D eigenvalue weighted by atomic mass is 16.1. The lowest BCUT2D eigenvalue weighted by Crippen LogP contribution is -2.03. The molecule has 0 N–H and O–H groups in total. The zero-order chi connectivity index (χ0) is 14.4. The van der Waals surface area contributed by atoms with Crippen LogP contribution in [-0.4, -0.2) is 5.78 Å². The molecule has 2 rings (SSSR count). The monoisotopic (exact) mass is 261 g/mol. The Kier molecular flexibility index (Phi) is 4.47. The molecule has 0 aliphatic carbocycles. The van der Waals surface area contributed by atoms with Gasteiger partial charge >= 0.3 is 0 Å². The summed E-state index contributed by atoms with van der Waals surface area (Å²) in [7, 11) is 0. The van der Waals surface area contributed by atoms with Crippen LogP contribution in [0, 0.1) is 11.3 Å². The molecule has 0 aliphatic heterocycles. The van der Waals surface area contributed by atoms with Gasteiger partial charge in [0.2, 0.25) is 0 Å². The van der Waals surface area contributed by atoms with Gasteiger partial charge in [-0.3, -0.25) is 4.79 Å². The Morgan fingerprint density at radius 2 is 1.85 bits per heavy atom. The minimum absolute atomic E-state index is 0.0252. The van der Waals surface area contributed by atoms with Crippen molar-refractivity contribution in [1.82, 2.24) is 0 Å². The lowest BCUT2D eigenvalue weighted by molar-refractivity contribution is 0.103. The summed E-state index contributed by atoms with van der Waals surface area (Å²) in [5.74, 6) is -0.279. The van der Waals surface area contributed by atoms with E-state index in [0.717, 1.165) is 5.56 Å². The van der Waals surface area contributed by atoms with Crippen molar-refractivity contribution in [3.63, 3.8) is 0 Å². The van der Waals surface area contributed by atoms with E-state index in [1.54, 1.807) is 30.3 Å². The standard InChI is InChI=1S/C18H15NO/c1-2-7-17(13-19)15-10-6-11-16(12-15)18(20)14-8-4-3-5-9-14/h2-6,8-12,17H,1,7H2. The lowest BCUT2D eigenvalue weighted by atomic mass is 9.93. The quantitative estimate of drug-likeness (QED) is 0.600. The van der Waals surface area contributed by atoms with Crippen molar-refractivity contribution < 1.29 is 4.79 Å². The number of ketones is 1. The molecule has 0 bridgehead atoms. The van der Waals surface area contributed by atoms with E-state index in [9.17, 15) is 10.1 Å². The highest BCUT2D eigenvalue weighted by Gasteiger charge is 2.13. The molecule has 0 saturated carbocycles. The molecule has 0 spiro atoms. The zero-order valence-corrected chi connectivity index (χ0v) is 11.1. The molecular formula is C18H15NO.